The first-order valence-electron chi connectivity index (χ1n) is 25.8. The Morgan fingerprint density at radius 3 is 1.15 bits per heavy atom. The first kappa shape index (κ1) is 53.1. The molecular weight excluding hydrogens is 893 g/mol. The van der Waals surface area contributed by atoms with Gasteiger partial charge in [0, 0.05) is 95.6 Å². The normalized spacial score (nSPS) is 15.9. The minimum atomic E-state index is -0.505. The van der Waals surface area contributed by atoms with Crippen molar-refractivity contribution in [1.29, 1.82) is 0 Å². The molecule has 0 N–H and O–H groups in total. The first-order valence-corrected chi connectivity index (χ1v) is 25.8. The number of nitrogens with zero attached hydrogens (tertiary/aromatic N) is 4. The second-order valence-corrected chi connectivity index (χ2v) is 20.6. The van der Waals surface area contributed by atoms with Gasteiger partial charge in [-0.1, -0.05) is 85.0 Å². The lowest BCUT2D eigenvalue weighted by Gasteiger charge is -2.36. The Balaban J connectivity index is 1.09. The maximum atomic E-state index is 12.6. The highest BCUT2D eigenvalue weighted by Gasteiger charge is 2.43. The molecule has 0 unspecified atom stereocenters. The number of fused-ring (bicyclic) bond motifs is 3. The molecule has 0 bridgehead atoms. The van der Waals surface area contributed by atoms with Gasteiger partial charge in [-0.25, -0.2) is 9.59 Å². The van der Waals surface area contributed by atoms with Crippen molar-refractivity contribution in [3.63, 3.8) is 0 Å². The summed E-state index contributed by atoms with van der Waals surface area (Å²) in [7, 11) is 0. The van der Waals surface area contributed by atoms with Gasteiger partial charge in [0.05, 0.1) is 26.4 Å². The van der Waals surface area contributed by atoms with Crippen LogP contribution < -0.4 is 9.80 Å². The van der Waals surface area contributed by atoms with E-state index in [1.54, 1.807) is 9.80 Å². The lowest BCUT2D eigenvalue weighted by molar-refractivity contribution is 0.0230. The second kappa shape index (κ2) is 24.6. The summed E-state index contributed by atoms with van der Waals surface area (Å²) < 4.78 is 35.0. The number of rotatable bonds is 20. The van der Waals surface area contributed by atoms with Crippen LogP contribution in [0.2, 0.25) is 0 Å². The van der Waals surface area contributed by atoms with Crippen molar-refractivity contribution in [2.45, 2.75) is 84.8 Å². The standard InChI is InChI=1S/C59H78N4O8/c1-9-66-39-41-68-37-27-59(28-38-69-42-40-67-10-2)53-43-47(13-11-45-15-21-49(22-16-45)60-29-33-62(34-30-60)55(64)70-57(3,4)5)19-25-51(53)52-26-20-48(44-54(52)59)14-12-46-17-23-50(24-18-46)61-31-35-63(36-32-61)56(65)71-58(6,7)8/h11-26,43-44H,9-10,27-42H2,1-8H3/b13-11+,14-12+. The van der Waals surface area contributed by atoms with Gasteiger partial charge in [0.1, 0.15) is 11.2 Å². The van der Waals surface area contributed by atoms with E-state index in [0.717, 1.165) is 72.6 Å². The van der Waals surface area contributed by atoms with Gasteiger partial charge in [0.15, 0.2) is 0 Å². The average Bonchev–Trinajstić information content (AvgIpc) is 3.62. The van der Waals surface area contributed by atoms with Crippen LogP contribution in [0.25, 0.3) is 35.4 Å². The first-order chi connectivity index (χ1) is 34.1. The monoisotopic (exact) mass is 971 g/mol. The van der Waals surface area contributed by atoms with E-state index < -0.39 is 11.2 Å². The largest absolute Gasteiger partial charge is 0.444 e. The van der Waals surface area contributed by atoms with E-state index >= 15 is 0 Å². The Morgan fingerprint density at radius 1 is 0.465 bits per heavy atom. The number of amides is 2. The van der Waals surface area contributed by atoms with E-state index in [-0.39, 0.29) is 17.6 Å². The molecule has 4 aromatic carbocycles. The smallest absolute Gasteiger partial charge is 0.410 e. The van der Waals surface area contributed by atoms with Crippen LogP contribution >= 0.6 is 0 Å². The van der Waals surface area contributed by atoms with Gasteiger partial charge in [-0.3, -0.25) is 0 Å². The zero-order valence-electron chi connectivity index (χ0n) is 43.7. The van der Waals surface area contributed by atoms with Crippen LogP contribution in [-0.4, -0.2) is 138 Å². The summed E-state index contributed by atoms with van der Waals surface area (Å²) >= 11 is 0. The number of carbonyl (C=O) groups excluding carboxylic acids is 2. The zero-order valence-corrected chi connectivity index (χ0v) is 43.7. The molecule has 0 atom stereocenters. The van der Waals surface area contributed by atoms with E-state index in [1.807, 2.05) is 55.4 Å². The summed E-state index contributed by atoms with van der Waals surface area (Å²) in [5, 5.41) is 0. The molecule has 2 amide bonds. The molecule has 71 heavy (non-hydrogen) atoms. The van der Waals surface area contributed by atoms with Crippen LogP contribution in [0.4, 0.5) is 21.0 Å². The number of benzene rings is 4. The third-order valence-corrected chi connectivity index (χ3v) is 13.2. The summed E-state index contributed by atoms with van der Waals surface area (Å²) in [6.07, 6.45) is 9.88. The highest BCUT2D eigenvalue weighted by Crippen LogP contribution is 2.53. The molecule has 0 spiro atoms. The van der Waals surface area contributed by atoms with Crippen molar-refractivity contribution in [1.82, 2.24) is 9.80 Å². The van der Waals surface area contributed by atoms with Gasteiger partial charge in [-0.05, 0) is 137 Å². The molecule has 7 rings (SSSR count). The molecule has 3 aliphatic rings. The minimum absolute atomic E-state index is 0.246. The highest BCUT2D eigenvalue weighted by atomic mass is 16.6. The number of anilines is 2. The molecule has 0 radical (unpaired) electrons. The van der Waals surface area contributed by atoms with Crippen molar-refractivity contribution in [2.75, 3.05) is 115 Å². The molecule has 12 heteroatoms. The number of carbonyl (C=O) groups is 2. The van der Waals surface area contributed by atoms with Gasteiger partial charge < -0.3 is 48.0 Å². The molecule has 4 aromatic rings. The fourth-order valence-electron chi connectivity index (χ4n) is 9.55. The van der Waals surface area contributed by atoms with Crippen molar-refractivity contribution < 1.29 is 38.0 Å². The molecule has 0 saturated carbocycles. The van der Waals surface area contributed by atoms with Crippen LogP contribution in [-0.2, 0) is 33.8 Å². The van der Waals surface area contributed by atoms with Gasteiger partial charge in [-0.15, -0.1) is 0 Å². The average molecular weight is 971 g/mol. The fraction of sp³-hybridized carbons (Fsp3) is 0.492. The summed E-state index contributed by atoms with van der Waals surface area (Å²) in [5.74, 6) is 0. The van der Waals surface area contributed by atoms with Crippen molar-refractivity contribution in [3.8, 4) is 11.1 Å². The maximum absolute atomic E-state index is 12.6. The minimum Gasteiger partial charge on any atom is -0.444 e. The lowest BCUT2D eigenvalue weighted by Crippen LogP contribution is -2.50. The Labute approximate surface area is 423 Å². The summed E-state index contributed by atoms with van der Waals surface area (Å²) in [4.78, 5) is 33.5. The molecule has 2 fully saturated rings. The second-order valence-electron chi connectivity index (χ2n) is 20.6. The van der Waals surface area contributed by atoms with Crippen LogP contribution in [0.5, 0.6) is 0 Å². The quantitative estimate of drug-likeness (QED) is 0.0628. The molecular formula is C59H78N4O8. The Bertz CT molecular complexity index is 2230. The Kier molecular flexibility index (Phi) is 18.4. The lowest BCUT2D eigenvalue weighted by atomic mass is 9.72. The van der Waals surface area contributed by atoms with E-state index in [9.17, 15) is 9.59 Å². The summed E-state index contributed by atoms with van der Waals surface area (Å²) in [5.41, 5.74) is 10.5. The SMILES string of the molecule is CCOCCOCCC1(CCOCCOCC)c2cc(/C=C/c3ccc(N4CCN(C(=O)OC(C)(C)C)CC4)cc3)ccc2-c2ccc(/C=C/c3ccc(N4CCN(C(=O)OC(C)(C)C)CC4)cc3)cc21. The van der Waals surface area contributed by atoms with E-state index in [0.29, 0.717) is 79.0 Å². The molecule has 2 heterocycles. The molecule has 382 valence electrons. The number of piperazine rings is 2. The molecule has 1 aliphatic carbocycles. The number of ether oxygens (including phenoxy) is 6. The van der Waals surface area contributed by atoms with Gasteiger partial charge in [0.2, 0.25) is 0 Å². The van der Waals surface area contributed by atoms with Crippen molar-refractivity contribution >= 4 is 47.9 Å². The maximum Gasteiger partial charge on any atom is 0.410 e. The number of hydrogen-bond donors (Lipinski definition) is 0. The Hall–Kier alpha value is -5.66. The molecule has 12 nitrogen and oxygen atoms in total. The van der Waals surface area contributed by atoms with Crippen LogP contribution in [0.1, 0.15) is 102 Å². The van der Waals surface area contributed by atoms with Gasteiger partial charge in [0.25, 0.3) is 0 Å². The van der Waals surface area contributed by atoms with Crippen LogP contribution in [0.3, 0.4) is 0 Å². The highest BCUT2D eigenvalue weighted by molar-refractivity contribution is 5.85. The van der Waals surface area contributed by atoms with Crippen molar-refractivity contribution in [2.24, 2.45) is 0 Å². The number of hydrogen-bond acceptors (Lipinski definition) is 10. The Morgan fingerprint density at radius 2 is 0.803 bits per heavy atom. The van der Waals surface area contributed by atoms with E-state index in [2.05, 4.69) is 119 Å². The van der Waals surface area contributed by atoms with Crippen LogP contribution in [0.15, 0.2) is 84.9 Å². The predicted molar refractivity (Wildman–Crippen MR) is 287 cm³/mol. The van der Waals surface area contributed by atoms with E-state index in [4.69, 9.17) is 28.4 Å². The molecule has 2 aliphatic heterocycles. The predicted octanol–water partition coefficient (Wildman–Crippen LogP) is 11.3. The zero-order chi connectivity index (χ0) is 50.4. The molecule has 2 saturated heterocycles. The van der Waals surface area contributed by atoms with Crippen LogP contribution in [0, 0.1) is 0 Å². The topological polar surface area (TPSA) is 102 Å². The van der Waals surface area contributed by atoms with E-state index in [1.165, 1.54) is 22.3 Å². The van der Waals surface area contributed by atoms with Gasteiger partial charge >= 0.3 is 12.2 Å². The third kappa shape index (κ3) is 14.7. The fourth-order valence-corrected chi connectivity index (χ4v) is 9.55. The third-order valence-electron chi connectivity index (χ3n) is 13.2. The van der Waals surface area contributed by atoms with Gasteiger partial charge in [-0.2, -0.15) is 0 Å². The van der Waals surface area contributed by atoms with Crippen molar-refractivity contribution in [3.05, 3.63) is 118 Å². The molecule has 0 aromatic heterocycles. The summed E-state index contributed by atoms with van der Waals surface area (Å²) in [6.45, 7) is 25.7. The summed E-state index contributed by atoms with van der Waals surface area (Å²) in [6, 6.07) is 31.1.